The highest BCUT2D eigenvalue weighted by Crippen LogP contribution is 2.24. The first kappa shape index (κ1) is 15.5. The lowest BCUT2D eigenvalue weighted by molar-refractivity contribution is 0.247. The summed E-state index contributed by atoms with van der Waals surface area (Å²) < 4.78 is 5.46. The lowest BCUT2D eigenvalue weighted by Gasteiger charge is -2.09. The van der Waals surface area contributed by atoms with Crippen LogP contribution < -0.4 is 15.4 Å². The fourth-order valence-corrected chi connectivity index (χ4v) is 1.90. The molecule has 0 aliphatic heterocycles. The van der Waals surface area contributed by atoms with Crippen LogP contribution in [0.3, 0.4) is 0 Å². The highest BCUT2D eigenvalue weighted by atomic mass is 35.5. The Morgan fingerprint density at radius 1 is 1.05 bits per heavy atom. The van der Waals surface area contributed by atoms with E-state index in [4.69, 9.17) is 27.9 Å². The molecule has 0 atom stereocenters. The van der Waals surface area contributed by atoms with Gasteiger partial charge in [0.15, 0.2) is 0 Å². The van der Waals surface area contributed by atoms with Crippen LogP contribution in [0.15, 0.2) is 48.5 Å². The van der Waals surface area contributed by atoms with Crippen LogP contribution >= 0.6 is 23.2 Å². The minimum Gasteiger partial charge on any atom is -0.492 e. The first-order chi connectivity index (χ1) is 10.1. The van der Waals surface area contributed by atoms with Gasteiger partial charge in [-0.25, -0.2) is 4.79 Å². The van der Waals surface area contributed by atoms with E-state index in [1.54, 1.807) is 18.2 Å². The normalized spacial score (nSPS) is 10.0. The van der Waals surface area contributed by atoms with E-state index in [-0.39, 0.29) is 6.03 Å². The molecule has 110 valence electrons. The Morgan fingerprint density at radius 2 is 1.81 bits per heavy atom. The Kier molecular flexibility index (Phi) is 5.72. The summed E-state index contributed by atoms with van der Waals surface area (Å²) in [6.45, 7) is 0.779. The third-order valence-corrected chi connectivity index (χ3v) is 3.32. The maximum Gasteiger partial charge on any atom is 0.319 e. The standard InChI is InChI=1S/C15H14Cl2N2O2/c16-13-7-6-11(10-14(13)17)19-15(20)18-8-9-21-12-4-2-1-3-5-12/h1-7,10H,8-9H2,(H2,18,19,20). The molecule has 2 rings (SSSR count). The van der Waals surface area contributed by atoms with Gasteiger partial charge >= 0.3 is 6.03 Å². The number of rotatable bonds is 5. The van der Waals surface area contributed by atoms with Crippen LogP contribution in [-0.4, -0.2) is 19.2 Å². The van der Waals surface area contributed by atoms with Crippen molar-refractivity contribution >= 4 is 34.9 Å². The van der Waals surface area contributed by atoms with Crippen molar-refractivity contribution in [2.24, 2.45) is 0 Å². The van der Waals surface area contributed by atoms with Crippen LogP contribution in [-0.2, 0) is 0 Å². The molecule has 0 spiro atoms. The second-order valence-electron chi connectivity index (χ2n) is 4.17. The summed E-state index contributed by atoms with van der Waals surface area (Å²) >= 11 is 11.7. The van der Waals surface area contributed by atoms with Gasteiger partial charge < -0.3 is 15.4 Å². The van der Waals surface area contributed by atoms with Crippen LogP contribution in [0.25, 0.3) is 0 Å². The summed E-state index contributed by atoms with van der Waals surface area (Å²) in [5, 5.41) is 6.18. The number of hydrogen-bond acceptors (Lipinski definition) is 2. The number of nitrogens with one attached hydrogen (secondary N) is 2. The largest absolute Gasteiger partial charge is 0.492 e. The molecule has 0 aliphatic rings. The number of para-hydroxylation sites is 1. The van der Waals surface area contributed by atoms with Gasteiger partial charge in [0.05, 0.1) is 16.6 Å². The molecule has 2 amide bonds. The van der Waals surface area contributed by atoms with Gasteiger partial charge in [-0.15, -0.1) is 0 Å². The van der Waals surface area contributed by atoms with E-state index in [0.29, 0.717) is 28.9 Å². The Morgan fingerprint density at radius 3 is 2.52 bits per heavy atom. The van der Waals surface area contributed by atoms with Crippen molar-refractivity contribution < 1.29 is 9.53 Å². The van der Waals surface area contributed by atoms with E-state index < -0.39 is 0 Å². The van der Waals surface area contributed by atoms with Crippen molar-refractivity contribution in [3.63, 3.8) is 0 Å². The van der Waals surface area contributed by atoms with Crippen molar-refractivity contribution in [3.05, 3.63) is 58.6 Å². The average molecular weight is 325 g/mol. The number of hydrogen-bond donors (Lipinski definition) is 2. The van der Waals surface area contributed by atoms with Crippen molar-refractivity contribution in [1.82, 2.24) is 5.32 Å². The second kappa shape index (κ2) is 7.76. The molecule has 0 saturated carbocycles. The van der Waals surface area contributed by atoms with E-state index in [1.165, 1.54) is 0 Å². The predicted octanol–water partition coefficient (Wildman–Crippen LogP) is 4.19. The number of anilines is 1. The summed E-state index contributed by atoms with van der Waals surface area (Å²) in [5.41, 5.74) is 0.575. The van der Waals surface area contributed by atoms with Gasteiger partial charge in [0.25, 0.3) is 0 Å². The lowest BCUT2D eigenvalue weighted by atomic mass is 10.3. The summed E-state index contributed by atoms with van der Waals surface area (Å²) in [6, 6.07) is 14.0. The highest BCUT2D eigenvalue weighted by Gasteiger charge is 2.03. The van der Waals surface area contributed by atoms with Gasteiger partial charge in [0.2, 0.25) is 0 Å². The minimum atomic E-state index is -0.329. The maximum atomic E-state index is 11.7. The van der Waals surface area contributed by atoms with Crippen molar-refractivity contribution in [2.45, 2.75) is 0 Å². The quantitative estimate of drug-likeness (QED) is 0.810. The Labute approximate surface area is 133 Å². The summed E-state index contributed by atoms with van der Waals surface area (Å²) in [4.78, 5) is 11.7. The molecule has 0 saturated heterocycles. The van der Waals surface area contributed by atoms with Crippen LogP contribution in [0.1, 0.15) is 0 Å². The Bertz CT molecular complexity index is 606. The maximum absolute atomic E-state index is 11.7. The lowest BCUT2D eigenvalue weighted by Crippen LogP contribution is -2.32. The number of urea groups is 1. The molecule has 0 bridgehead atoms. The Balaban J connectivity index is 1.71. The van der Waals surface area contributed by atoms with Gasteiger partial charge in [0, 0.05) is 5.69 Å². The van der Waals surface area contributed by atoms with Gasteiger partial charge in [-0.1, -0.05) is 41.4 Å². The first-order valence-corrected chi connectivity index (χ1v) is 7.08. The van der Waals surface area contributed by atoms with E-state index in [1.807, 2.05) is 30.3 Å². The molecule has 0 unspecified atom stereocenters. The van der Waals surface area contributed by atoms with Gasteiger partial charge in [-0.05, 0) is 30.3 Å². The molecule has 2 N–H and O–H groups in total. The zero-order valence-electron chi connectivity index (χ0n) is 11.1. The summed E-state index contributed by atoms with van der Waals surface area (Å²) in [5.74, 6) is 0.768. The summed E-state index contributed by atoms with van der Waals surface area (Å²) in [6.07, 6.45) is 0. The van der Waals surface area contributed by atoms with E-state index >= 15 is 0 Å². The topological polar surface area (TPSA) is 50.4 Å². The Hall–Kier alpha value is -1.91. The fourth-order valence-electron chi connectivity index (χ4n) is 1.60. The highest BCUT2D eigenvalue weighted by molar-refractivity contribution is 6.42. The minimum absolute atomic E-state index is 0.329. The molecule has 0 aromatic heterocycles. The number of ether oxygens (including phenoxy) is 1. The predicted molar refractivity (Wildman–Crippen MR) is 85.4 cm³/mol. The van der Waals surface area contributed by atoms with Crippen LogP contribution in [0.4, 0.5) is 10.5 Å². The average Bonchev–Trinajstić information content (AvgIpc) is 2.49. The molecule has 0 heterocycles. The van der Waals surface area contributed by atoms with E-state index in [0.717, 1.165) is 5.75 Å². The number of carbonyl (C=O) groups is 1. The third-order valence-electron chi connectivity index (χ3n) is 2.58. The smallest absolute Gasteiger partial charge is 0.319 e. The third kappa shape index (κ3) is 5.17. The molecule has 2 aromatic rings. The molecule has 6 heteroatoms. The van der Waals surface area contributed by atoms with Gasteiger partial charge in [-0.3, -0.25) is 0 Å². The van der Waals surface area contributed by atoms with Crippen LogP contribution in [0, 0.1) is 0 Å². The SMILES string of the molecule is O=C(NCCOc1ccccc1)Nc1ccc(Cl)c(Cl)c1. The van der Waals surface area contributed by atoms with Gasteiger partial charge in [-0.2, -0.15) is 0 Å². The molecule has 0 aliphatic carbocycles. The van der Waals surface area contributed by atoms with E-state index in [9.17, 15) is 4.79 Å². The van der Waals surface area contributed by atoms with Crippen LogP contribution in [0.2, 0.25) is 10.0 Å². The molecule has 2 aromatic carbocycles. The number of halogens is 2. The second-order valence-corrected chi connectivity index (χ2v) is 4.99. The molecular formula is C15H14Cl2N2O2. The molecular weight excluding hydrogens is 311 g/mol. The number of amides is 2. The van der Waals surface area contributed by atoms with Crippen molar-refractivity contribution in [1.29, 1.82) is 0 Å². The first-order valence-electron chi connectivity index (χ1n) is 6.33. The van der Waals surface area contributed by atoms with Crippen LogP contribution in [0.5, 0.6) is 5.75 Å². The molecule has 21 heavy (non-hydrogen) atoms. The molecule has 0 radical (unpaired) electrons. The number of benzene rings is 2. The molecule has 4 nitrogen and oxygen atoms in total. The van der Waals surface area contributed by atoms with Gasteiger partial charge in [0.1, 0.15) is 12.4 Å². The fraction of sp³-hybridized carbons (Fsp3) is 0.133. The van der Waals surface area contributed by atoms with Crippen molar-refractivity contribution in [2.75, 3.05) is 18.5 Å². The van der Waals surface area contributed by atoms with Crippen molar-refractivity contribution in [3.8, 4) is 5.75 Å². The van der Waals surface area contributed by atoms with E-state index in [2.05, 4.69) is 10.6 Å². The zero-order chi connectivity index (χ0) is 15.1. The number of carbonyl (C=O) groups excluding carboxylic acids is 1. The zero-order valence-corrected chi connectivity index (χ0v) is 12.6. The summed E-state index contributed by atoms with van der Waals surface area (Å²) in [7, 11) is 0. The molecule has 0 fully saturated rings. The monoisotopic (exact) mass is 324 g/mol.